The minimum atomic E-state index is -0.537. The average molecular weight is 560 g/mol. The molecule has 2 N–H and O–H groups in total. The third kappa shape index (κ3) is 5.27. The zero-order valence-corrected chi connectivity index (χ0v) is 22.1. The highest BCUT2D eigenvalue weighted by molar-refractivity contribution is 8.77. The van der Waals surface area contributed by atoms with Gasteiger partial charge in [-0.1, -0.05) is 58.0 Å². The maximum absolute atomic E-state index is 15.1. The fourth-order valence-electron chi connectivity index (χ4n) is 4.28. The summed E-state index contributed by atoms with van der Waals surface area (Å²) in [5.74, 6) is 0.633. The monoisotopic (exact) mass is 559 g/mol. The van der Waals surface area contributed by atoms with E-state index in [2.05, 4.69) is 9.97 Å². The van der Waals surface area contributed by atoms with E-state index in [0.29, 0.717) is 45.9 Å². The molecule has 0 bridgehead atoms. The molecule has 0 radical (unpaired) electrons. The van der Waals surface area contributed by atoms with Crippen molar-refractivity contribution in [2.24, 2.45) is 0 Å². The van der Waals surface area contributed by atoms with Crippen LogP contribution in [0, 0.1) is 5.82 Å². The number of aromatic nitrogens is 4. The number of carbonyl (C=O) groups is 1. The number of rotatable bonds is 7. The number of esters is 1. The van der Waals surface area contributed by atoms with Gasteiger partial charge in [0.2, 0.25) is 0 Å². The van der Waals surface area contributed by atoms with Crippen molar-refractivity contribution >= 4 is 44.4 Å². The molecule has 11 heteroatoms. The van der Waals surface area contributed by atoms with Gasteiger partial charge in [-0.05, 0) is 42.5 Å². The minimum Gasteiger partial charge on any atom is -0.457 e. The second kappa shape index (κ2) is 11.0. The molecule has 0 saturated carbocycles. The van der Waals surface area contributed by atoms with Gasteiger partial charge in [0.1, 0.15) is 29.7 Å². The highest BCUT2D eigenvalue weighted by Crippen LogP contribution is 2.41. The molecule has 3 heterocycles. The first kappa shape index (κ1) is 25.2. The highest BCUT2D eigenvalue weighted by atomic mass is 33.1. The Hall–Kier alpha value is -4.09. The summed E-state index contributed by atoms with van der Waals surface area (Å²) in [6, 6.07) is 22.6. The summed E-state index contributed by atoms with van der Waals surface area (Å²) in [5, 5.41) is 5.23. The van der Waals surface area contributed by atoms with Crippen LogP contribution >= 0.6 is 21.6 Å². The van der Waals surface area contributed by atoms with E-state index in [4.69, 9.17) is 20.3 Å². The Morgan fingerprint density at radius 3 is 2.59 bits per heavy atom. The van der Waals surface area contributed by atoms with Crippen molar-refractivity contribution in [3.05, 3.63) is 96.6 Å². The Morgan fingerprint density at radius 1 is 1.05 bits per heavy atom. The second-order valence-electron chi connectivity index (χ2n) is 8.78. The first-order valence-corrected chi connectivity index (χ1v) is 14.5. The van der Waals surface area contributed by atoms with Crippen LogP contribution in [0.3, 0.4) is 0 Å². The van der Waals surface area contributed by atoms with Crippen LogP contribution in [0.5, 0.6) is 11.5 Å². The summed E-state index contributed by atoms with van der Waals surface area (Å²) in [6.45, 7) is 0.412. The van der Waals surface area contributed by atoms with E-state index in [9.17, 15) is 4.79 Å². The zero-order valence-electron chi connectivity index (χ0n) is 20.4. The molecule has 196 valence electrons. The van der Waals surface area contributed by atoms with E-state index in [1.165, 1.54) is 12.4 Å². The molecule has 6 rings (SSSR count). The number of nitrogen functional groups attached to an aromatic ring is 1. The Morgan fingerprint density at radius 2 is 1.82 bits per heavy atom. The van der Waals surface area contributed by atoms with Crippen molar-refractivity contribution in [3.63, 3.8) is 0 Å². The molecule has 8 nitrogen and oxygen atoms in total. The first-order valence-electron chi connectivity index (χ1n) is 12.1. The van der Waals surface area contributed by atoms with E-state index < -0.39 is 5.82 Å². The lowest BCUT2D eigenvalue weighted by molar-refractivity contribution is 0.0342. The summed E-state index contributed by atoms with van der Waals surface area (Å²) in [4.78, 5) is 21.2. The fraction of sp³-hybridized carbons (Fsp3) is 0.143. The van der Waals surface area contributed by atoms with Gasteiger partial charge in [-0.2, -0.15) is 5.10 Å². The number of nitrogens with zero attached hydrogens (tertiary/aromatic N) is 4. The molecular weight excluding hydrogens is 537 g/mol. The van der Waals surface area contributed by atoms with Gasteiger partial charge in [-0.3, -0.25) is 0 Å². The van der Waals surface area contributed by atoms with E-state index in [1.54, 1.807) is 74.8 Å². The molecule has 5 aromatic rings. The number of carbonyl (C=O) groups excluding carboxylic acids is 1. The van der Waals surface area contributed by atoms with Gasteiger partial charge in [-0.25, -0.2) is 23.8 Å². The molecule has 2 atom stereocenters. The van der Waals surface area contributed by atoms with E-state index >= 15 is 4.39 Å². The van der Waals surface area contributed by atoms with Gasteiger partial charge < -0.3 is 15.2 Å². The molecule has 2 unspecified atom stereocenters. The van der Waals surface area contributed by atoms with Crippen molar-refractivity contribution in [2.75, 3.05) is 11.5 Å². The molecule has 0 amide bonds. The summed E-state index contributed by atoms with van der Waals surface area (Å²) in [5.41, 5.74) is 8.24. The Kier molecular flexibility index (Phi) is 7.08. The molecule has 2 aromatic heterocycles. The molecule has 1 aliphatic heterocycles. The standard InChI is InChI=1S/C28H22FN5O3S2/c29-20-13-18(11-12-21(20)36-19-9-5-2-6-10-19)25-24-26(30)31-16-32-27(24)34(33-25)14-23-22(15-38-39-23)37-28(35)17-7-3-1-4-8-17/h1-13,16,22-23H,14-15H2,(H2,30,31,32). The van der Waals surface area contributed by atoms with Crippen LogP contribution in [0.15, 0.2) is 85.2 Å². The molecule has 0 aliphatic carbocycles. The smallest absolute Gasteiger partial charge is 0.338 e. The summed E-state index contributed by atoms with van der Waals surface area (Å²) < 4.78 is 28.3. The predicted octanol–water partition coefficient (Wildman–Crippen LogP) is 6.00. The van der Waals surface area contributed by atoms with Gasteiger partial charge in [0.15, 0.2) is 17.2 Å². The second-order valence-corrected chi connectivity index (χ2v) is 11.4. The summed E-state index contributed by atoms with van der Waals surface area (Å²) in [6.07, 6.45) is 1.06. The lowest BCUT2D eigenvalue weighted by atomic mass is 10.1. The number of halogens is 1. The van der Waals surface area contributed by atoms with Crippen LogP contribution in [0.4, 0.5) is 10.2 Å². The van der Waals surface area contributed by atoms with E-state index in [1.807, 2.05) is 24.3 Å². The van der Waals surface area contributed by atoms with Gasteiger partial charge in [0, 0.05) is 11.3 Å². The number of anilines is 1. The summed E-state index contributed by atoms with van der Waals surface area (Å²) >= 11 is 0. The largest absolute Gasteiger partial charge is 0.457 e. The maximum atomic E-state index is 15.1. The molecule has 1 saturated heterocycles. The van der Waals surface area contributed by atoms with Gasteiger partial charge in [-0.15, -0.1) is 0 Å². The van der Waals surface area contributed by atoms with E-state index in [0.717, 1.165) is 0 Å². The SMILES string of the molecule is Nc1ncnc2c1c(-c1ccc(Oc3ccccc3)c(F)c1)nn2CC1SSCC1OC(=O)c1ccccc1. The zero-order chi connectivity index (χ0) is 26.8. The number of fused-ring (bicyclic) bond motifs is 1. The lowest BCUT2D eigenvalue weighted by Gasteiger charge is -2.18. The number of para-hydroxylation sites is 1. The van der Waals surface area contributed by atoms with Crippen molar-refractivity contribution < 1.29 is 18.7 Å². The van der Waals surface area contributed by atoms with Crippen molar-refractivity contribution in [3.8, 4) is 22.8 Å². The van der Waals surface area contributed by atoms with Crippen LogP contribution in [0.2, 0.25) is 0 Å². The normalized spacial score (nSPS) is 16.8. The predicted molar refractivity (Wildman–Crippen MR) is 151 cm³/mol. The van der Waals surface area contributed by atoms with Crippen LogP contribution < -0.4 is 10.5 Å². The molecule has 0 spiro atoms. The topological polar surface area (TPSA) is 105 Å². The minimum absolute atomic E-state index is 0.0758. The van der Waals surface area contributed by atoms with Gasteiger partial charge in [0.25, 0.3) is 0 Å². The molecule has 3 aromatic carbocycles. The maximum Gasteiger partial charge on any atom is 0.338 e. The lowest BCUT2D eigenvalue weighted by Crippen LogP contribution is -2.31. The number of hydrogen-bond acceptors (Lipinski definition) is 9. The summed E-state index contributed by atoms with van der Waals surface area (Å²) in [7, 11) is 3.27. The Bertz CT molecular complexity index is 1640. The third-order valence-corrected chi connectivity index (χ3v) is 9.05. The van der Waals surface area contributed by atoms with Gasteiger partial charge in [0.05, 0.1) is 22.7 Å². The number of benzene rings is 3. The number of hydrogen-bond donors (Lipinski definition) is 1. The quantitative estimate of drug-likeness (QED) is 0.190. The Balaban J connectivity index is 1.28. The molecule has 1 aliphatic rings. The van der Waals surface area contributed by atoms with Crippen LogP contribution in [-0.2, 0) is 11.3 Å². The fourth-order valence-corrected chi connectivity index (χ4v) is 7.28. The van der Waals surface area contributed by atoms with Crippen LogP contribution in [-0.4, -0.2) is 42.8 Å². The highest BCUT2D eigenvalue weighted by Gasteiger charge is 2.34. The first-order chi connectivity index (χ1) is 19.1. The van der Waals surface area contributed by atoms with Crippen molar-refractivity contribution in [1.29, 1.82) is 0 Å². The molecular formula is C28H22FN5O3S2. The van der Waals surface area contributed by atoms with Gasteiger partial charge >= 0.3 is 5.97 Å². The van der Waals surface area contributed by atoms with Crippen LogP contribution in [0.1, 0.15) is 10.4 Å². The third-order valence-electron chi connectivity index (χ3n) is 6.19. The molecule has 1 fully saturated rings. The number of ether oxygens (including phenoxy) is 2. The van der Waals surface area contributed by atoms with Crippen molar-refractivity contribution in [2.45, 2.75) is 17.9 Å². The average Bonchev–Trinajstić information content (AvgIpc) is 3.56. The van der Waals surface area contributed by atoms with Crippen molar-refractivity contribution in [1.82, 2.24) is 19.7 Å². The van der Waals surface area contributed by atoms with E-state index in [-0.39, 0.29) is 28.9 Å². The molecule has 39 heavy (non-hydrogen) atoms. The Labute approximate surface area is 231 Å². The van der Waals surface area contributed by atoms with Crippen LogP contribution in [0.25, 0.3) is 22.3 Å². The number of nitrogens with two attached hydrogens (primary N) is 1.